The van der Waals surface area contributed by atoms with Crippen LogP contribution in [0.5, 0.6) is 5.75 Å². The van der Waals surface area contributed by atoms with Gasteiger partial charge in [0.1, 0.15) is 5.75 Å². The lowest BCUT2D eigenvalue weighted by Crippen LogP contribution is -2.51. The molecule has 0 unspecified atom stereocenters. The summed E-state index contributed by atoms with van der Waals surface area (Å²) >= 11 is 5.37. The Morgan fingerprint density at radius 2 is 1.73 bits per heavy atom. The third-order valence-electron chi connectivity index (χ3n) is 4.64. The lowest BCUT2D eigenvalue weighted by atomic mass is 10.2. The Labute approximate surface area is 162 Å². The number of amides is 1. The quantitative estimate of drug-likeness (QED) is 0.556. The van der Waals surface area contributed by atoms with Crippen LogP contribution in [0.25, 0.3) is 0 Å². The monoisotopic (exact) mass is 377 g/mol. The molecule has 1 aliphatic rings. The molecular formula is C20H31N3O2S. The first-order chi connectivity index (χ1) is 12.6. The van der Waals surface area contributed by atoms with Gasteiger partial charge in [-0.1, -0.05) is 32.6 Å². The molecule has 0 aromatic heterocycles. The van der Waals surface area contributed by atoms with E-state index >= 15 is 0 Å². The zero-order chi connectivity index (χ0) is 18.8. The zero-order valence-electron chi connectivity index (χ0n) is 16.0. The molecule has 5 nitrogen and oxygen atoms in total. The molecule has 0 bridgehead atoms. The normalized spacial score (nSPS) is 14.9. The van der Waals surface area contributed by atoms with Crippen LogP contribution in [-0.4, -0.2) is 60.7 Å². The molecule has 1 aliphatic heterocycles. The molecule has 6 heteroatoms. The summed E-state index contributed by atoms with van der Waals surface area (Å²) in [7, 11) is 2.09. The average Bonchev–Trinajstić information content (AvgIpc) is 2.65. The Balaban J connectivity index is 1.73. The van der Waals surface area contributed by atoms with Crippen molar-refractivity contribution in [2.24, 2.45) is 0 Å². The SMILES string of the molecule is CCCCCCCOc1ccc(C(=O)NC(=S)N2CCN(C)CC2)cc1. The van der Waals surface area contributed by atoms with E-state index in [0.717, 1.165) is 45.0 Å². The molecule has 144 valence electrons. The van der Waals surface area contributed by atoms with E-state index in [2.05, 4.69) is 24.2 Å². The number of piperazine rings is 1. The van der Waals surface area contributed by atoms with Crippen LogP contribution in [0, 0.1) is 0 Å². The maximum Gasteiger partial charge on any atom is 0.257 e. The van der Waals surface area contributed by atoms with Crippen molar-refractivity contribution in [1.29, 1.82) is 0 Å². The minimum absolute atomic E-state index is 0.167. The molecule has 1 aromatic carbocycles. The van der Waals surface area contributed by atoms with Crippen molar-refractivity contribution in [2.75, 3.05) is 39.8 Å². The van der Waals surface area contributed by atoms with Gasteiger partial charge in [-0.15, -0.1) is 0 Å². The van der Waals surface area contributed by atoms with Crippen molar-refractivity contribution < 1.29 is 9.53 Å². The van der Waals surface area contributed by atoms with Gasteiger partial charge in [0.05, 0.1) is 6.61 Å². The van der Waals surface area contributed by atoms with E-state index in [1.54, 1.807) is 12.1 Å². The molecule has 1 amide bonds. The van der Waals surface area contributed by atoms with Crippen LogP contribution < -0.4 is 10.1 Å². The van der Waals surface area contributed by atoms with Gasteiger partial charge in [0.2, 0.25) is 0 Å². The van der Waals surface area contributed by atoms with Crippen LogP contribution in [0.15, 0.2) is 24.3 Å². The highest BCUT2D eigenvalue weighted by atomic mass is 32.1. The van der Waals surface area contributed by atoms with E-state index in [9.17, 15) is 4.79 Å². The summed E-state index contributed by atoms with van der Waals surface area (Å²) in [5, 5.41) is 3.34. The fourth-order valence-corrected chi connectivity index (χ4v) is 3.13. The molecule has 1 saturated heterocycles. The van der Waals surface area contributed by atoms with Gasteiger partial charge in [-0.2, -0.15) is 0 Å². The van der Waals surface area contributed by atoms with E-state index in [0.29, 0.717) is 10.7 Å². The van der Waals surface area contributed by atoms with Gasteiger partial charge in [0, 0.05) is 31.7 Å². The Morgan fingerprint density at radius 3 is 2.38 bits per heavy atom. The van der Waals surface area contributed by atoms with E-state index in [-0.39, 0.29) is 5.91 Å². The molecule has 1 heterocycles. The number of carbonyl (C=O) groups excluding carboxylic acids is 1. The summed E-state index contributed by atoms with van der Waals surface area (Å²) in [6.07, 6.45) is 6.09. The van der Waals surface area contributed by atoms with Crippen molar-refractivity contribution in [3.8, 4) is 5.75 Å². The first kappa shape index (κ1) is 20.6. The maximum absolute atomic E-state index is 12.4. The van der Waals surface area contributed by atoms with Gasteiger partial charge < -0.3 is 14.5 Å². The largest absolute Gasteiger partial charge is 0.494 e. The number of thiocarbonyl (C=S) groups is 1. The van der Waals surface area contributed by atoms with Crippen LogP contribution in [0.2, 0.25) is 0 Å². The fraction of sp³-hybridized carbons (Fsp3) is 0.600. The molecule has 26 heavy (non-hydrogen) atoms. The number of unbranched alkanes of at least 4 members (excludes halogenated alkanes) is 4. The number of carbonyl (C=O) groups is 1. The molecule has 0 spiro atoms. The van der Waals surface area contributed by atoms with Crippen molar-refractivity contribution in [3.63, 3.8) is 0 Å². The van der Waals surface area contributed by atoms with Crippen LogP contribution in [-0.2, 0) is 0 Å². The second-order valence-electron chi connectivity index (χ2n) is 6.84. The summed E-state index contributed by atoms with van der Waals surface area (Å²) in [4.78, 5) is 16.7. The van der Waals surface area contributed by atoms with Crippen LogP contribution in [0.1, 0.15) is 49.4 Å². The molecule has 1 N–H and O–H groups in total. The second kappa shape index (κ2) is 11.1. The number of benzene rings is 1. The summed E-state index contributed by atoms with van der Waals surface area (Å²) in [5.41, 5.74) is 0.594. The Hall–Kier alpha value is -1.66. The van der Waals surface area contributed by atoms with E-state index in [1.807, 2.05) is 17.0 Å². The fourth-order valence-electron chi connectivity index (χ4n) is 2.86. The van der Waals surface area contributed by atoms with Crippen molar-refractivity contribution in [1.82, 2.24) is 15.1 Å². The molecule has 0 aliphatic carbocycles. The Morgan fingerprint density at radius 1 is 1.08 bits per heavy atom. The maximum atomic E-state index is 12.4. The minimum atomic E-state index is -0.167. The minimum Gasteiger partial charge on any atom is -0.494 e. The molecule has 2 rings (SSSR count). The number of hydrogen-bond donors (Lipinski definition) is 1. The van der Waals surface area contributed by atoms with Crippen LogP contribution >= 0.6 is 12.2 Å². The first-order valence-electron chi connectivity index (χ1n) is 9.62. The highest BCUT2D eigenvalue weighted by Crippen LogP contribution is 2.13. The second-order valence-corrected chi connectivity index (χ2v) is 7.22. The Bertz CT molecular complexity index is 569. The number of nitrogens with one attached hydrogen (secondary N) is 1. The third-order valence-corrected chi connectivity index (χ3v) is 5.00. The molecule has 0 saturated carbocycles. The zero-order valence-corrected chi connectivity index (χ0v) is 16.8. The number of hydrogen-bond acceptors (Lipinski definition) is 4. The van der Waals surface area contributed by atoms with Gasteiger partial charge in [0.15, 0.2) is 5.11 Å². The average molecular weight is 378 g/mol. The predicted molar refractivity (Wildman–Crippen MR) is 110 cm³/mol. The summed E-state index contributed by atoms with van der Waals surface area (Å²) in [6.45, 7) is 6.55. The lowest BCUT2D eigenvalue weighted by molar-refractivity contribution is 0.0970. The van der Waals surface area contributed by atoms with Gasteiger partial charge >= 0.3 is 0 Å². The first-order valence-corrected chi connectivity index (χ1v) is 10.0. The van der Waals surface area contributed by atoms with Crippen molar-refractivity contribution in [2.45, 2.75) is 39.0 Å². The highest BCUT2D eigenvalue weighted by molar-refractivity contribution is 7.80. The Kier molecular flexibility index (Phi) is 8.85. The summed E-state index contributed by atoms with van der Waals surface area (Å²) in [6, 6.07) is 7.27. The van der Waals surface area contributed by atoms with Crippen molar-refractivity contribution >= 4 is 23.2 Å². The molecule has 0 atom stereocenters. The lowest BCUT2D eigenvalue weighted by Gasteiger charge is -2.33. The smallest absolute Gasteiger partial charge is 0.257 e. The van der Waals surface area contributed by atoms with E-state index in [4.69, 9.17) is 17.0 Å². The van der Waals surface area contributed by atoms with Gasteiger partial charge in [-0.25, -0.2) is 0 Å². The van der Waals surface area contributed by atoms with Gasteiger partial charge in [-0.05, 0) is 50.0 Å². The predicted octanol–water partition coefficient (Wildman–Crippen LogP) is 3.30. The number of ether oxygens (including phenoxy) is 1. The van der Waals surface area contributed by atoms with E-state index in [1.165, 1.54) is 25.7 Å². The van der Waals surface area contributed by atoms with Crippen molar-refractivity contribution in [3.05, 3.63) is 29.8 Å². The molecule has 1 fully saturated rings. The van der Waals surface area contributed by atoms with Crippen LogP contribution in [0.3, 0.4) is 0 Å². The molecule has 0 radical (unpaired) electrons. The molecular weight excluding hydrogens is 346 g/mol. The number of likely N-dealkylation sites (N-methyl/N-ethyl adjacent to an activating group) is 1. The topological polar surface area (TPSA) is 44.8 Å². The third kappa shape index (κ3) is 6.92. The molecule has 1 aromatic rings. The van der Waals surface area contributed by atoms with E-state index < -0.39 is 0 Å². The number of nitrogens with zero attached hydrogens (tertiary/aromatic N) is 2. The summed E-state index contributed by atoms with van der Waals surface area (Å²) in [5.74, 6) is 0.638. The highest BCUT2D eigenvalue weighted by Gasteiger charge is 2.18. The number of rotatable bonds is 8. The van der Waals surface area contributed by atoms with Gasteiger partial charge in [0.25, 0.3) is 5.91 Å². The summed E-state index contributed by atoms with van der Waals surface area (Å²) < 4.78 is 5.74. The standard InChI is InChI=1S/C20H31N3O2S/c1-3-4-5-6-7-16-25-18-10-8-17(9-11-18)19(24)21-20(26)23-14-12-22(2)13-15-23/h8-11H,3-7,12-16H2,1-2H3,(H,21,24,26). The van der Waals surface area contributed by atoms with Gasteiger partial charge in [-0.3, -0.25) is 10.1 Å². The van der Waals surface area contributed by atoms with Crippen LogP contribution in [0.4, 0.5) is 0 Å².